The number of carbonyl (C=O) groups is 1. The van der Waals surface area contributed by atoms with E-state index < -0.39 is 0 Å². The van der Waals surface area contributed by atoms with Crippen LogP contribution in [0.15, 0.2) is 54.6 Å². The average Bonchev–Trinajstić information content (AvgIpc) is 2.54. The highest BCUT2D eigenvalue weighted by molar-refractivity contribution is 5.69. The third kappa shape index (κ3) is 5.30. The summed E-state index contributed by atoms with van der Waals surface area (Å²) in [6.45, 7) is 0.349. The van der Waals surface area contributed by atoms with Gasteiger partial charge in [-0.1, -0.05) is 42.5 Å². The van der Waals surface area contributed by atoms with Crippen LogP contribution in [0.25, 0.3) is 0 Å². The van der Waals surface area contributed by atoms with Crippen molar-refractivity contribution >= 4 is 5.97 Å². The largest absolute Gasteiger partial charge is 0.497 e. The van der Waals surface area contributed by atoms with Crippen LogP contribution in [0.2, 0.25) is 0 Å². The zero-order valence-electron chi connectivity index (χ0n) is 12.2. The third-order valence-electron chi connectivity index (χ3n) is 3.25. The number of carbonyl (C=O) groups excluding carboxylic acids is 1. The maximum atomic E-state index is 11.7. The van der Waals surface area contributed by atoms with Gasteiger partial charge in [0.1, 0.15) is 12.4 Å². The molecular weight excluding hydrogens is 264 g/mol. The highest BCUT2D eigenvalue weighted by Crippen LogP contribution is 2.13. The zero-order valence-corrected chi connectivity index (χ0v) is 12.2. The molecule has 0 aliphatic rings. The van der Waals surface area contributed by atoms with Gasteiger partial charge in [0.05, 0.1) is 7.11 Å². The van der Waals surface area contributed by atoms with Crippen LogP contribution in [0.3, 0.4) is 0 Å². The maximum absolute atomic E-state index is 11.7. The van der Waals surface area contributed by atoms with Gasteiger partial charge in [-0.25, -0.2) is 0 Å². The molecule has 0 radical (unpaired) electrons. The van der Waals surface area contributed by atoms with Crippen LogP contribution in [0.5, 0.6) is 5.75 Å². The number of ether oxygens (including phenoxy) is 2. The van der Waals surface area contributed by atoms with Gasteiger partial charge in [-0.05, 0) is 36.1 Å². The minimum atomic E-state index is -0.146. The fourth-order valence-corrected chi connectivity index (χ4v) is 2.04. The van der Waals surface area contributed by atoms with E-state index in [-0.39, 0.29) is 5.97 Å². The summed E-state index contributed by atoms with van der Waals surface area (Å²) in [5.74, 6) is 0.702. The lowest BCUT2D eigenvalue weighted by atomic mass is 10.1. The molecule has 3 heteroatoms. The van der Waals surface area contributed by atoms with Crippen molar-refractivity contribution in [1.29, 1.82) is 0 Å². The van der Waals surface area contributed by atoms with Crippen molar-refractivity contribution in [2.24, 2.45) is 0 Å². The molecule has 2 rings (SSSR count). The fourth-order valence-electron chi connectivity index (χ4n) is 2.04. The molecule has 3 nitrogen and oxygen atoms in total. The minimum Gasteiger partial charge on any atom is -0.497 e. The second-order valence-electron chi connectivity index (χ2n) is 4.85. The van der Waals surface area contributed by atoms with Crippen LogP contribution in [0.4, 0.5) is 0 Å². The Morgan fingerprint density at radius 3 is 2.33 bits per heavy atom. The van der Waals surface area contributed by atoms with Crippen LogP contribution < -0.4 is 4.74 Å². The zero-order chi connectivity index (χ0) is 14.9. The number of hydrogen-bond donors (Lipinski definition) is 0. The van der Waals surface area contributed by atoms with Gasteiger partial charge in [-0.3, -0.25) is 4.79 Å². The topological polar surface area (TPSA) is 35.5 Å². The molecule has 0 fully saturated rings. The monoisotopic (exact) mass is 284 g/mol. The molecule has 0 heterocycles. The predicted octanol–water partition coefficient (Wildman–Crippen LogP) is 3.76. The quantitative estimate of drug-likeness (QED) is 0.726. The Morgan fingerprint density at radius 1 is 0.952 bits per heavy atom. The van der Waals surface area contributed by atoms with Crippen molar-refractivity contribution in [3.05, 3.63) is 65.7 Å². The highest BCUT2D eigenvalue weighted by Gasteiger charge is 2.04. The number of esters is 1. The molecule has 0 spiro atoms. The normalized spacial score (nSPS) is 10.1. The summed E-state index contributed by atoms with van der Waals surface area (Å²) in [6, 6.07) is 17.6. The fraction of sp³-hybridized carbons (Fsp3) is 0.278. The summed E-state index contributed by atoms with van der Waals surface area (Å²) in [7, 11) is 1.65. The van der Waals surface area contributed by atoms with Crippen LogP contribution >= 0.6 is 0 Å². The van der Waals surface area contributed by atoms with E-state index in [1.807, 2.05) is 54.6 Å². The molecule has 0 amide bonds. The Balaban J connectivity index is 1.66. The van der Waals surface area contributed by atoms with Crippen molar-refractivity contribution in [3.8, 4) is 5.75 Å². The van der Waals surface area contributed by atoms with E-state index in [1.165, 1.54) is 5.56 Å². The van der Waals surface area contributed by atoms with Gasteiger partial charge in [-0.15, -0.1) is 0 Å². The first-order valence-corrected chi connectivity index (χ1v) is 7.10. The molecule has 0 saturated heterocycles. The summed E-state index contributed by atoms with van der Waals surface area (Å²) in [6.07, 6.45) is 2.10. The van der Waals surface area contributed by atoms with Crippen LogP contribution in [-0.2, 0) is 22.6 Å². The molecule has 0 aliphatic carbocycles. The standard InChI is InChI=1S/C18H20O3/c1-20-17-12-10-15(11-13-17)8-5-9-18(19)21-14-16-6-3-2-4-7-16/h2-4,6-7,10-13H,5,8-9,14H2,1H3. The number of hydrogen-bond acceptors (Lipinski definition) is 3. The van der Waals surface area contributed by atoms with E-state index in [4.69, 9.17) is 9.47 Å². The van der Waals surface area contributed by atoms with Gasteiger partial charge in [0.25, 0.3) is 0 Å². The number of aryl methyl sites for hydroxylation is 1. The van der Waals surface area contributed by atoms with E-state index >= 15 is 0 Å². The first-order valence-electron chi connectivity index (χ1n) is 7.10. The van der Waals surface area contributed by atoms with E-state index in [1.54, 1.807) is 7.11 Å². The first-order chi connectivity index (χ1) is 10.3. The summed E-state index contributed by atoms with van der Waals surface area (Å²) >= 11 is 0. The first kappa shape index (κ1) is 15.1. The second-order valence-corrected chi connectivity index (χ2v) is 4.85. The lowest BCUT2D eigenvalue weighted by Gasteiger charge is -2.05. The number of methoxy groups -OCH3 is 1. The molecule has 2 aromatic rings. The predicted molar refractivity (Wildman–Crippen MR) is 82.2 cm³/mol. The SMILES string of the molecule is COc1ccc(CCCC(=O)OCc2ccccc2)cc1. The van der Waals surface area contributed by atoms with Crippen molar-refractivity contribution in [2.75, 3.05) is 7.11 Å². The van der Waals surface area contributed by atoms with Crippen molar-refractivity contribution < 1.29 is 14.3 Å². The van der Waals surface area contributed by atoms with Crippen molar-refractivity contribution in [2.45, 2.75) is 25.9 Å². The average molecular weight is 284 g/mol. The van der Waals surface area contributed by atoms with Gasteiger partial charge in [-0.2, -0.15) is 0 Å². The lowest BCUT2D eigenvalue weighted by Crippen LogP contribution is -2.04. The summed E-state index contributed by atoms with van der Waals surface area (Å²) in [5, 5.41) is 0. The van der Waals surface area contributed by atoms with Gasteiger partial charge in [0, 0.05) is 6.42 Å². The van der Waals surface area contributed by atoms with E-state index in [0.29, 0.717) is 13.0 Å². The van der Waals surface area contributed by atoms with Crippen LogP contribution in [0.1, 0.15) is 24.0 Å². The van der Waals surface area contributed by atoms with Crippen LogP contribution in [0, 0.1) is 0 Å². The minimum absolute atomic E-state index is 0.146. The van der Waals surface area contributed by atoms with Gasteiger partial charge in [0.15, 0.2) is 0 Å². The van der Waals surface area contributed by atoms with E-state index in [9.17, 15) is 4.79 Å². The Hall–Kier alpha value is -2.29. The van der Waals surface area contributed by atoms with Crippen molar-refractivity contribution in [3.63, 3.8) is 0 Å². The van der Waals surface area contributed by atoms with Crippen molar-refractivity contribution in [1.82, 2.24) is 0 Å². The summed E-state index contributed by atoms with van der Waals surface area (Å²) in [5.41, 5.74) is 2.22. The molecule has 0 unspecified atom stereocenters. The third-order valence-corrected chi connectivity index (χ3v) is 3.25. The second kappa shape index (κ2) is 8.10. The molecule has 21 heavy (non-hydrogen) atoms. The molecule has 0 bridgehead atoms. The van der Waals surface area contributed by atoms with Gasteiger partial charge in [0.2, 0.25) is 0 Å². The summed E-state index contributed by atoms with van der Waals surface area (Å²) in [4.78, 5) is 11.7. The Kier molecular flexibility index (Phi) is 5.83. The van der Waals surface area contributed by atoms with Crippen LogP contribution in [-0.4, -0.2) is 13.1 Å². The lowest BCUT2D eigenvalue weighted by molar-refractivity contribution is -0.145. The summed E-state index contributed by atoms with van der Waals surface area (Å²) < 4.78 is 10.4. The Morgan fingerprint density at radius 2 is 1.67 bits per heavy atom. The molecule has 0 N–H and O–H groups in total. The Bertz CT molecular complexity index is 546. The maximum Gasteiger partial charge on any atom is 0.306 e. The smallest absolute Gasteiger partial charge is 0.306 e. The Labute approximate surface area is 125 Å². The van der Waals surface area contributed by atoms with E-state index in [0.717, 1.165) is 24.2 Å². The van der Waals surface area contributed by atoms with E-state index in [2.05, 4.69) is 0 Å². The molecule has 0 atom stereocenters. The van der Waals surface area contributed by atoms with Gasteiger partial charge < -0.3 is 9.47 Å². The number of benzene rings is 2. The molecule has 2 aromatic carbocycles. The molecule has 0 aliphatic heterocycles. The highest BCUT2D eigenvalue weighted by atomic mass is 16.5. The molecule has 0 saturated carbocycles. The van der Waals surface area contributed by atoms with Gasteiger partial charge >= 0.3 is 5.97 Å². The molecule has 110 valence electrons. The molecule has 0 aromatic heterocycles. The molecular formula is C18H20O3. The number of rotatable bonds is 7.